The molecule has 2 aliphatic heterocycles. The third-order valence-corrected chi connectivity index (χ3v) is 4.73. The molecule has 0 bridgehead atoms. The first-order valence-corrected chi connectivity index (χ1v) is 7.78. The predicted octanol–water partition coefficient (Wildman–Crippen LogP) is 0.677. The van der Waals surface area contributed by atoms with Crippen LogP contribution in [0.25, 0.3) is 0 Å². The molecule has 1 fully saturated rings. The highest BCUT2D eigenvalue weighted by molar-refractivity contribution is 7.07. The molecule has 1 atom stereocenters. The predicted molar refractivity (Wildman–Crippen MR) is 79.9 cm³/mol. The highest BCUT2D eigenvalue weighted by atomic mass is 32.1. The Balaban J connectivity index is 1.52. The van der Waals surface area contributed by atoms with Gasteiger partial charge in [0.2, 0.25) is 11.8 Å². The molecule has 4 heterocycles. The number of rotatable bonds is 2. The number of hydrogen-bond acceptors (Lipinski definition) is 8. The molecule has 1 spiro atoms. The van der Waals surface area contributed by atoms with Crippen molar-refractivity contribution in [3.05, 3.63) is 22.1 Å². The fourth-order valence-corrected chi connectivity index (χ4v) is 3.70. The molecule has 0 saturated carbocycles. The minimum absolute atomic E-state index is 0.167. The highest BCUT2D eigenvalue weighted by Gasteiger charge is 2.46. The number of aromatic nitrogens is 3. The summed E-state index contributed by atoms with van der Waals surface area (Å²) in [6.45, 7) is 2.68. The van der Waals surface area contributed by atoms with E-state index in [1.807, 2.05) is 5.51 Å². The molecular weight excluding hydrogens is 288 g/mol. The van der Waals surface area contributed by atoms with E-state index in [0.29, 0.717) is 11.7 Å². The second kappa shape index (κ2) is 4.54. The van der Waals surface area contributed by atoms with Crippen molar-refractivity contribution < 1.29 is 4.74 Å². The SMILES string of the molecule is Nc1nc(N)c2c(n1)O[C@@]1(CCN(Cc3cscn3)C1)C2. The second-order valence-electron chi connectivity index (χ2n) is 5.65. The normalized spacial score (nSPS) is 24.4. The zero-order valence-electron chi connectivity index (χ0n) is 11.5. The average Bonchev–Trinajstić information content (AvgIpc) is 3.12. The van der Waals surface area contributed by atoms with Crippen LogP contribution in [0, 0.1) is 0 Å². The van der Waals surface area contributed by atoms with Crippen molar-refractivity contribution in [3.63, 3.8) is 0 Å². The van der Waals surface area contributed by atoms with Crippen LogP contribution in [0.1, 0.15) is 17.7 Å². The maximum Gasteiger partial charge on any atom is 0.225 e. The number of thiazole rings is 1. The lowest BCUT2D eigenvalue weighted by Gasteiger charge is -2.23. The molecule has 21 heavy (non-hydrogen) atoms. The van der Waals surface area contributed by atoms with Gasteiger partial charge in [-0.25, -0.2) is 4.98 Å². The van der Waals surface area contributed by atoms with Gasteiger partial charge in [0.05, 0.1) is 16.8 Å². The average molecular weight is 304 g/mol. The van der Waals surface area contributed by atoms with Crippen molar-refractivity contribution in [2.24, 2.45) is 0 Å². The molecule has 110 valence electrons. The van der Waals surface area contributed by atoms with Crippen molar-refractivity contribution in [2.75, 3.05) is 24.6 Å². The van der Waals surface area contributed by atoms with Gasteiger partial charge in [-0.05, 0) is 0 Å². The van der Waals surface area contributed by atoms with E-state index < -0.39 is 0 Å². The van der Waals surface area contributed by atoms with Crippen molar-refractivity contribution in [1.29, 1.82) is 0 Å². The van der Waals surface area contributed by atoms with Gasteiger partial charge in [-0.15, -0.1) is 11.3 Å². The summed E-state index contributed by atoms with van der Waals surface area (Å²) in [4.78, 5) is 14.9. The van der Waals surface area contributed by atoms with Gasteiger partial charge in [-0.1, -0.05) is 0 Å². The summed E-state index contributed by atoms with van der Waals surface area (Å²) in [6, 6.07) is 0. The number of nitrogens with two attached hydrogens (primary N) is 2. The molecule has 7 nitrogen and oxygen atoms in total. The Morgan fingerprint density at radius 3 is 3.10 bits per heavy atom. The monoisotopic (exact) mass is 304 g/mol. The topological polar surface area (TPSA) is 103 Å². The molecule has 0 radical (unpaired) electrons. The highest BCUT2D eigenvalue weighted by Crippen LogP contribution is 2.41. The molecule has 2 aromatic rings. The van der Waals surface area contributed by atoms with Crippen LogP contribution in [0.5, 0.6) is 5.88 Å². The summed E-state index contributed by atoms with van der Waals surface area (Å²) in [5.74, 6) is 1.16. The standard InChI is InChI=1S/C13H16N6OS/c14-10-9-3-13(20-11(9)18-12(15)17-10)1-2-19(6-13)4-8-5-21-7-16-8/h5,7H,1-4,6H2,(H4,14,15,17,18)/t13-/m0/s1. The Bertz CT molecular complexity index is 676. The largest absolute Gasteiger partial charge is 0.469 e. The van der Waals surface area contributed by atoms with Crippen molar-refractivity contribution in [2.45, 2.75) is 25.0 Å². The van der Waals surface area contributed by atoms with Crippen LogP contribution in [0.4, 0.5) is 11.8 Å². The summed E-state index contributed by atoms with van der Waals surface area (Å²) in [5, 5.41) is 2.08. The van der Waals surface area contributed by atoms with Crippen molar-refractivity contribution >= 4 is 23.1 Å². The van der Waals surface area contributed by atoms with E-state index in [-0.39, 0.29) is 11.5 Å². The lowest BCUT2D eigenvalue weighted by Crippen LogP contribution is -2.37. The summed E-state index contributed by atoms with van der Waals surface area (Å²) in [5.41, 5.74) is 15.2. The minimum Gasteiger partial charge on any atom is -0.469 e. The van der Waals surface area contributed by atoms with Gasteiger partial charge < -0.3 is 16.2 Å². The van der Waals surface area contributed by atoms with E-state index in [2.05, 4.69) is 25.2 Å². The van der Waals surface area contributed by atoms with Gasteiger partial charge in [0.25, 0.3) is 0 Å². The fourth-order valence-electron chi connectivity index (χ4n) is 3.15. The van der Waals surface area contributed by atoms with E-state index in [9.17, 15) is 0 Å². The van der Waals surface area contributed by atoms with Crippen LogP contribution in [0.3, 0.4) is 0 Å². The number of nitrogens with zero attached hydrogens (tertiary/aromatic N) is 4. The number of anilines is 2. The Kier molecular flexibility index (Phi) is 2.76. The molecular formula is C13H16N6OS. The van der Waals surface area contributed by atoms with Crippen LogP contribution >= 0.6 is 11.3 Å². The van der Waals surface area contributed by atoms with Gasteiger partial charge in [-0.2, -0.15) is 9.97 Å². The zero-order valence-corrected chi connectivity index (χ0v) is 12.3. The molecule has 4 N–H and O–H groups in total. The molecule has 4 rings (SSSR count). The fraction of sp³-hybridized carbons (Fsp3) is 0.462. The van der Waals surface area contributed by atoms with E-state index in [1.54, 1.807) is 11.3 Å². The van der Waals surface area contributed by atoms with E-state index >= 15 is 0 Å². The first kappa shape index (κ1) is 12.8. The van der Waals surface area contributed by atoms with Gasteiger partial charge >= 0.3 is 0 Å². The molecule has 2 aromatic heterocycles. The Hall–Kier alpha value is -1.93. The van der Waals surface area contributed by atoms with Crippen LogP contribution < -0.4 is 16.2 Å². The van der Waals surface area contributed by atoms with Gasteiger partial charge in [0, 0.05) is 37.9 Å². The number of likely N-dealkylation sites (tertiary alicyclic amines) is 1. The summed E-state index contributed by atoms with van der Waals surface area (Å²) in [6.07, 6.45) is 1.70. The third kappa shape index (κ3) is 2.20. The quantitative estimate of drug-likeness (QED) is 0.840. The zero-order chi connectivity index (χ0) is 14.4. The number of nitrogen functional groups attached to an aromatic ring is 2. The van der Waals surface area contributed by atoms with E-state index in [0.717, 1.165) is 43.7 Å². The smallest absolute Gasteiger partial charge is 0.225 e. The maximum absolute atomic E-state index is 6.10. The van der Waals surface area contributed by atoms with Crippen LogP contribution in [0.2, 0.25) is 0 Å². The number of fused-ring (bicyclic) bond motifs is 1. The Morgan fingerprint density at radius 2 is 2.29 bits per heavy atom. The summed E-state index contributed by atoms with van der Waals surface area (Å²) < 4.78 is 6.10. The van der Waals surface area contributed by atoms with Crippen LogP contribution in [-0.2, 0) is 13.0 Å². The maximum atomic E-state index is 6.10. The van der Waals surface area contributed by atoms with Gasteiger partial charge in [0.1, 0.15) is 11.4 Å². The Labute approximate surface area is 126 Å². The lowest BCUT2D eigenvalue weighted by molar-refractivity contribution is 0.0963. The van der Waals surface area contributed by atoms with Crippen molar-refractivity contribution in [3.8, 4) is 5.88 Å². The van der Waals surface area contributed by atoms with Gasteiger partial charge in [0.15, 0.2) is 0 Å². The minimum atomic E-state index is -0.241. The number of ether oxygens (including phenoxy) is 1. The third-order valence-electron chi connectivity index (χ3n) is 4.10. The molecule has 0 aliphatic carbocycles. The molecule has 0 aromatic carbocycles. The molecule has 8 heteroatoms. The van der Waals surface area contributed by atoms with E-state index in [4.69, 9.17) is 16.2 Å². The number of hydrogen-bond donors (Lipinski definition) is 2. The van der Waals surface area contributed by atoms with Crippen LogP contribution in [-0.4, -0.2) is 38.5 Å². The first-order chi connectivity index (χ1) is 10.1. The molecule has 0 unspecified atom stereocenters. The summed E-state index contributed by atoms with van der Waals surface area (Å²) >= 11 is 1.62. The van der Waals surface area contributed by atoms with Gasteiger partial charge in [-0.3, -0.25) is 4.90 Å². The second-order valence-corrected chi connectivity index (χ2v) is 6.37. The summed E-state index contributed by atoms with van der Waals surface area (Å²) in [7, 11) is 0. The van der Waals surface area contributed by atoms with Crippen molar-refractivity contribution in [1.82, 2.24) is 19.9 Å². The first-order valence-electron chi connectivity index (χ1n) is 6.84. The molecule has 0 amide bonds. The Morgan fingerprint density at radius 1 is 1.38 bits per heavy atom. The lowest BCUT2D eigenvalue weighted by atomic mass is 9.97. The van der Waals surface area contributed by atoms with Crippen LogP contribution in [0.15, 0.2) is 10.9 Å². The van der Waals surface area contributed by atoms with E-state index in [1.165, 1.54) is 0 Å². The molecule has 1 saturated heterocycles. The molecule has 2 aliphatic rings.